The van der Waals surface area contributed by atoms with Crippen molar-refractivity contribution in [3.8, 4) is 0 Å². The van der Waals surface area contributed by atoms with Crippen molar-refractivity contribution < 1.29 is 4.92 Å². The highest BCUT2D eigenvalue weighted by Gasteiger charge is 2.01. The summed E-state index contributed by atoms with van der Waals surface area (Å²) in [6.07, 6.45) is 10.2. The number of rotatable bonds is 6. The summed E-state index contributed by atoms with van der Waals surface area (Å²) in [7, 11) is 0. The molecule has 106 valence electrons. The van der Waals surface area contributed by atoms with Gasteiger partial charge in [0, 0.05) is 12.1 Å². The van der Waals surface area contributed by atoms with Crippen LogP contribution in [0, 0.1) is 10.1 Å². The van der Waals surface area contributed by atoms with Crippen LogP contribution in [0.3, 0.4) is 0 Å². The SMILES string of the molecule is O=[N+]([O-])c1ccc(C=CCCC=Cc2ccccc2)cc1. The van der Waals surface area contributed by atoms with E-state index in [1.807, 2.05) is 24.3 Å². The van der Waals surface area contributed by atoms with Gasteiger partial charge in [-0.2, -0.15) is 0 Å². The molecule has 21 heavy (non-hydrogen) atoms. The number of hydrogen-bond donors (Lipinski definition) is 0. The first-order valence-electron chi connectivity index (χ1n) is 6.88. The number of nitro benzene ring substituents is 1. The van der Waals surface area contributed by atoms with Crippen molar-refractivity contribution in [1.29, 1.82) is 0 Å². The van der Waals surface area contributed by atoms with Crippen molar-refractivity contribution in [2.24, 2.45) is 0 Å². The number of nitro groups is 1. The Morgan fingerprint density at radius 1 is 0.810 bits per heavy atom. The molecular formula is C18H17NO2. The lowest BCUT2D eigenvalue weighted by Crippen LogP contribution is -1.86. The lowest BCUT2D eigenvalue weighted by Gasteiger charge is -1.94. The summed E-state index contributed by atoms with van der Waals surface area (Å²) in [5, 5.41) is 10.5. The number of allylic oxidation sites excluding steroid dienone is 2. The van der Waals surface area contributed by atoms with Crippen LogP contribution in [-0.2, 0) is 0 Å². The molecule has 0 amide bonds. The van der Waals surface area contributed by atoms with Crippen LogP contribution in [0.25, 0.3) is 12.2 Å². The number of nitrogens with zero attached hydrogens (tertiary/aromatic N) is 1. The Morgan fingerprint density at radius 3 is 1.86 bits per heavy atom. The van der Waals surface area contributed by atoms with E-state index in [2.05, 4.69) is 30.4 Å². The summed E-state index contributed by atoms with van der Waals surface area (Å²) in [6.45, 7) is 0. The maximum absolute atomic E-state index is 10.5. The van der Waals surface area contributed by atoms with Crippen LogP contribution >= 0.6 is 0 Å². The van der Waals surface area contributed by atoms with Crippen molar-refractivity contribution >= 4 is 17.8 Å². The van der Waals surface area contributed by atoms with E-state index < -0.39 is 0 Å². The molecular weight excluding hydrogens is 262 g/mol. The molecule has 0 bridgehead atoms. The van der Waals surface area contributed by atoms with E-state index in [4.69, 9.17) is 0 Å². The molecule has 2 aromatic carbocycles. The summed E-state index contributed by atoms with van der Waals surface area (Å²) < 4.78 is 0. The fourth-order valence-corrected chi connectivity index (χ4v) is 1.90. The zero-order chi connectivity index (χ0) is 14.9. The van der Waals surface area contributed by atoms with Crippen molar-refractivity contribution in [2.75, 3.05) is 0 Å². The molecule has 2 rings (SSSR count). The molecule has 0 aliphatic rings. The van der Waals surface area contributed by atoms with E-state index in [0.717, 1.165) is 18.4 Å². The lowest BCUT2D eigenvalue weighted by molar-refractivity contribution is -0.384. The van der Waals surface area contributed by atoms with Crippen LogP contribution in [0.15, 0.2) is 66.7 Å². The van der Waals surface area contributed by atoms with Gasteiger partial charge in [-0.05, 0) is 36.1 Å². The number of non-ortho nitro benzene ring substituents is 1. The minimum absolute atomic E-state index is 0.123. The average Bonchev–Trinajstić information content (AvgIpc) is 2.52. The largest absolute Gasteiger partial charge is 0.269 e. The molecule has 3 heteroatoms. The predicted octanol–water partition coefficient (Wildman–Crippen LogP) is 5.10. The average molecular weight is 279 g/mol. The van der Waals surface area contributed by atoms with Gasteiger partial charge in [0.25, 0.3) is 5.69 Å². The normalized spacial score (nSPS) is 11.2. The van der Waals surface area contributed by atoms with Gasteiger partial charge in [-0.25, -0.2) is 0 Å². The third-order valence-electron chi connectivity index (χ3n) is 3.02. The van der Waals surface area contributed by atoms with Gasteiger partial charge in [0.1, 0.15) is 0 Å². The van der Waals surface area contributed by atoms with E-state index in [9.17, 15) is 10.1 Å². The fourth-order valence-electron chi connectivity index (χ4n) is 1.90. The Bertz CT molecular complexity index is 628. The fraction of sp³-hybridized carbons (Fsp3) is 0.111. The Morgan fingerprint density at radius 2 is 1.33 bits per heavy atom. The zero-order valence-corrected chi connectivity index (χ0v) is 11.7. The van der Waals surface area contributed by atoms with Gasteiger partial charge >= 0.3 is 0 Å². The Kier molecular flexibility index (Phi) is 5.47. The van der Waals surface area contributed by atoms with Crippen LogP contribution < -0.4 is 0 Å². The van der Waals surface area contributed by atoms with Crippen molar-refractivity contribution in [1.82, 2.24) is 0 Å². The molecule has 0 radical (unpaired) electrons. The van der Waals surface area contributed by atoms with Gasteiger partial charge in [0.2, 0.25) is 0 Å². The van der Waals surface area contributed by atoms with Crippen LogP contribution in [0.2, 0.25) is 0 Å². The van der Waals surface area contributed by atoms with Crippen LogP contribution in [-0.4, -0.2) is 4.92 Å². The molecule has 2 aromatic rings. The van der Waals surface area contributed by atoms with Gasteiger partial charge in [-0.15, -0.1) is 0 Å². The molecule has 0 saturated carbocycles. The molecule has 0 aliphatic heterocycles. The third kappa shape index (κ3) is 5.07. The molecule has 0 N–H and O–H groups in total. The first kappa shape index (κ1) is 14.7. The van der Waals surface area contributed by atoms with Gasteiger partial charge in [0.15, 0.2) is 0 Å². The van der Waals surface area contributed by atoms with Crippen molar-refractivity contribution in [3.05, 3.63) is 88.0 Å². The van der Waals surface area contributed by atoms with E-state index in [1.54, 1.807) is 12.1 Å². The summed E-state index contributed by atoms with van der Waals surface area (Å²) in [4.78, 5) is 10.2. The quantitative estimate of drug-likeness (QED) is 0.419. The van der Waals surface area contributed by atoms with E-state index >= 15 is 0 Å². The Labute approximate surface area is 124 Å². The van der Waals surface area contributed by atoms with E-state index in [-0.39, 0.29) is 10.6 Å². The molecule has 0 fully saturated rings. The predicted molar refractivity (Wildman–Crippen MR) is 86.8 cm³/mol. The van der Waals surface area contributed by atoms with Crippen LogP contribution in [0.5, 0.6) is 0 Å². The van der Waals surface area contributed by atoms with Crippen LogP contribution in [0.4, 0.5) is 5.69 Å². The smallest absolute Gasteiger partial charge is 0.258 e. The molecule has 3 nitrogen and oxygen atoms in total. The number of benzene rings is 2. The highest BCUT2D eigenvalue weighted by Crippen LogP contribution is 2.13. The molecule has 0 aliphatic carbocycles. The minimum atomic E-state index is -0.387. The first-order chi connectivity index (χ1) is 10.3. The Hall–Kier alpha value is -2.68. The van der Waals surface area contributed by atoms with Gasteiger partial charge in [-0.1, -0.05) is 54.6 Å². The number of hydrogen-bond acceptors (Lipinski definition) is 2. The topological polar surface area (TPSA) is 43.1 Å². The summed E-state index contributed by atoms with van der Waals surface area (Å²) in [6, 6.07) is 16.8. The molecule has 0 spiro atoms. The van der Waals surface area contributed by atoms with Gasteiger partial charge in [-0.3, -0.25) is 10.1 Å². The molecule has 0 heterocycles. The molecule has 0 atom stereocenters. The standard InChI is InChI=1S/C18H17NO2/c20-19(21)18-14-12-17(13-15-18)11-5-2-1-4-8-16-9-6-3-7-10-16/h3-15H,1-2H2. The molecule has 0 aromatic heterocycles. The van der Waals surface area contributed by atoms with Crippen LogP contribution in [0.1, 0.15) is 24.0 Å². The maximum atomic E-state index is 10.5. The summed E-state index contributed by atoms with van der Waals surface area (Å²) >= 11 is 0. The second kappa shape index (κ2) is 7.80. The van der Waals surface area contributed by atoms with Gasteiger partial charge < -0.3 is 0 Å². The van der Waals surface area contributed by atoms with Crippen molar-refractivity contribution in [2.45, 2.75) is 12.8 Å². The molecule has 0 unspecified atom stereocenters. The second-order valence-electron chi connectivity index (χ2n) is 4.64. The van der Waals surface area contributed by atoms with Crippen molar-refractivity contribution in [3.63, 3.8) is 0 Å². The highest BCUT2D eigenvalue weighted by atomic mass is 16.6. The second-order valence-corrected chi connectivity index (χ2v) is 4.64. The Balaban J connectivity index is 1.78. The number of unbranched alkanes of at least 4 members (excludes halogenated alkanes) is 1. The minimum Gasteiger partial charge on any atom is -0.258 e. The summed E-state index contributed by atoms with van der Waals surface area (Å²) in [5.41, 5.74) is 2.31. The lowest BCUT2D eigenvalue weighted by atomic mass is 10.1. The van der Waals surface area contributed by atoms with Gasteiger partial charge in [0.05, 0.1) is 4.92 Å². The maximum Gasteiger partial charge on any atom is 0.269 e. The highest BCUT2D eigenvalue weighted by molar-refractivity contribution is 5.52. The first-order valence-corrected chi connectivity index (χ1v) is 6.88. The summed E-state index contributed by atoms with van der Waals surface area (Å²) in [5.74, 6) is 0. The monoisotopic (exact) mass is 279 g/mol. The zero-order valence-electron chi connectivity index (χ0n) is 11.7. The van der Waals surface area contributed by atoms with E-state index in [1.165, 1.54) is 17.7 Å². The van der Waals surface area contributed by atoms with E-state index in [0.29, 0.717) is 0 Å². The third-order valence-corrected chi connectivity index (χ3v) is 3.02. The molecule has 0 saturated heterocycles.